The van der Waals surface area contributed by atoms with Gasteiger partial charge in [0.1, 0.15) is 10.7 Å². The molecule has 0 aliphatic heterocycles. The van der Waals surface area contributed by atoms with E-state index in [4.69, 9.17) is 11.6 Å². The molecule has 1 aromatic carbocycles. The normalized spacial score (nSPS) is 11.6. The van der Waals surface area contributed by atoms with E-state index < -0.39 is 16.9 Å². The summed E-state index contributed by atoms with van der Waals surface area (Å²) >= 11 is 6.11. The fourth-order valence-electron chi connectivity index (χ4n) is 1.31. The van der Waals surface area contributed by atoms with E-state index in [1.165, 1.54) is 18.2 Å². The zero-order valence-corrected chi connectivity index (χ0v) is 10.8. The van der Waals surface area contributed by atoms with Crippen LogP contribution in [0.15, 0.2) is 24.4 Å². The summed E-state index contributed by atoms with van der Waals surface area (Å²) in [6, 6.07) is 4.09. The first-order chi connectivity index (χ1) is 8.86. The molecule has 0 spiro atoms. The maximum atomic E-state index is 12.9. The van der Waals surface area contributed by atoms with Crippen LogP contribution in [0.4, 0.5) is 22.7 Å². The lowest BCUT2D eigenvalue weighted by atomic mass is 10.2. The van der Waals surface area contributed by atoms with Crippen molar-refractivity contribution in [2.24, 2.45) is 0 Å². The summed E-state index contributed by atoms with van der Waals surface area (Å²) in [5.74, 6) is -0.543. The number of hydrogen-bond acceptors (Lipinski definition) is 3. The summed E-state index contributed by atoms with van der Waals surface area (Å²) in [6.07, 6.45) is -3.62. The number of thiazole rings is 1. The van der Waals surface area contributed by atoms with Crippen LogP contribution < -0.4 is 5.32 Å². The van der Waals surface area contributed by atoms with E-state index in [1.807, 2.05) is 0 Å². The van der Waals surface area contributed by atoms with Gasteiger partial charge in [0.25, 0.3) is 0 Å². The molecule has 1 aromatic heterocycles. The predicted octanol–water partition coefficient (Wildman–Crippen LogP) is 4.57. The Morgan fingerprint density at radius 3 is 2.63 bits per heavy atom. The van der Waals surface area contributed by atoms with E-state index in [-0.39, 0.29) is 16.7 Å². The summed E-state index contributed by atoms with van der Waals surface area (Å²) < 4.78 is 49.9. The highest BCUT2D eigenvalue weighted by Gasteiger charge is 2.33. The van der Waals surface area contributed by atoms with Crippen LogP contribution in [0.5, 0.6) is 0 Å². The molecule has 0 atom stereocenters. The molecule has 0 aliphatic rings. The van der Waals surface area contributed by atoms with Crippen LogP contribution in [0.2, 0.25) is 5.02 Å². The van der Waals surface area contributed by atoms with Crippen molar-refractivity contribution in [3.63, 3.8) is 0 Å². The maximum absolute atomic E-state index is 12.9. The molecule has 0 saturated heterocycles. The van der Waals surface area contributed by atoms with Crippen LogP contribution in [-0.4, -0.2) is 4.98 Å². The van der Waals surface area contributed by atoms with Gasteiger partial charge < -0.3 is 5.32 Å². The van der Waals surface area contributed by atoms with Crippen LogP contribution >= 0.6 is 22.9 Å². The summed E-state index contributed by atoms with van der Waals surface area (Å²) in [7, 11) is 0. The third-order valence-electron chi connectivity index (χ3n) is 2.21. The SMILES string of the molecule is Fc1ccc(CNc2ncc(C(F)(F)F)s2)cc1Cl. The van der Waals surface area contributed by atoms with Crippen LogP contribution in [-0.2, 0) is 12.7 Å². The van der Waals surface area contributed by atoms with Gasteiger partial charge in [-0.3, -0.25) is 0 Å². The number of benzene rings is 1. The Labute approximate surface area is 115 Å². The minimum atomic E-state index is -4.39. The number of aromatic nitrogens is 1. The number of alkyl halides is 3. The minimum absolute atomic E-state index is 0.0329. The second-order valence-electron chi connectivity index (χ2n) is 3.63. The van der Waals surface area contributed by atoms with Crippen LogP contribution in [0.1, 0.15) is 10.4 Å². The molecule has 2 rings (SSSR count). The molecule has 0 fully saturated rings. The Morgan fingerprint density at radius 1 is 1.32 bits per heavy atom. The lowest BCUT2D eigenvalue weighted by Crippen LogP contribution is -2.01. The van der Waals surface area contributed by atoms with Crippen molar-refractivity contribution >= 4 is 28.1 Å². The van der Waals surface area contributed by atoms with E-state index in [0.717, 1.165) is 6.20 Å². The largest absolute Gasteiger partial charge is 0.427 e. The monoisotopic (exact) mass is 310 g/mol. The van der Waals surface area contributed by atoms with Crippen molar-refractivity contribution in [2.45, 2.75) is 12.7 Å². The van der Waals surface area contributed by atoms with E-state index >= 15 is 0 Å². The topological polar surface area (TPSA) is 24.9 Å². The molecule has 0 amide bonds. The molecule has 1 N–H and O–H groups in total. The maximum Gasteiger partial charge on any atom is 0.427 e. The lowest BCUT2D eigenvalue weighted by molar-refractivity contribution is -0.134. The molecule has 1 heterocycles. The van der Waals surface area contributed by atoms with Gasteiger partial charge in [-0.05, 0) is 17.7 Å². The quantitative estimate of drug-likeness (QED) is 0.840. The third-order valence-corrected chi connectivity index (χ3v) is 3.50. The second kappa shape index (κ2) is 5.34. The Morgan fingerprint density at radius 2 is 2.05 bits per heavy atom. The summed E-state index contributed by atoms with van der Waals surface area (Å²) in [6.45, 7) is 0.213. The Kier molecular flexibility index (Phi) is 3.96. The molecule has 102 valence electrons. The summed E-state index contributed by atoms with van der Waals surface area (Å²) in [5.41, 5.74) is 0.648. The summed E-state index contributed by atoms with van der Waals surface area (Å²) in [4.78, 5) is 2.85. The Hall–Kier alpha value is -1.34. The average Bonchev–Trinajstić information content (AvgIpc) is 2.79. The van der Waals surface area contributed by atoms with Crippen molar-refractivity contribution in [2.75, 3.05) is 5.32 Å². The molecule has 0 bridgehead atoms. The predicted molar refractivity (Wildman–Crippen MR) is 65.9 cm³/mol. The Bertz CT molecular complexity index is 582. The zero-order chi connectivity index (χ0) is 14.0. The van der Waals surface area contributed by atoms with E-state index in [0.29, 0.717) is 16.9 Å². The van der Waals surface area contributed by atoms with Gasteiger partial charge in [0, 0.05) is 6.54 Å². The molecule has 8 heteroatoms. The van der Waals surface area contributed by atoms with Crippen molar-refractivity contribution in [3.8, 4) is 0 Å². The summed E-state index contributed by atoms with van der Waals surface area (Å²) in [5, 5.41) is 2.84. The molecule has 0 unspecified atom stereocenters. The first-order valence-corrected chi connectivity index (χ1v) is 6.26. The first-order valence-electron chi connectivity index (χ1n) is 5.07. The highest BCUT2D eigenvalue weighted by molar-refractivity contribution is 7.15. The van der Waals surface area contributed by atoms with Crippen molar-refractivity contribution in [1.29, 1.82) is 0 Å². The van der Waals surface area contributed by atoms with E-state index in [2.05, 4.69) is 10.3 Å². The fourth-order valence-corrected chi connectivity index (χ4v) is 2.20. The first kappa shape index (κ1) is 14.1. The van der Waals surface area contributed by atoms with Crippen LogP contribution in [0.25, 0.3) is 0 Å². The number of halogens is 5. The van der Waals surface area contributed by atoms with Crippen molar-refractivity contribution in [3.05, 3.63) is 45.7 Å². The number of anilines is 1. The van der Waals surface area contributed by atoms with Gasteiger partial charge in [-0.15, -0.1) is 0 Å². The second-order valence-corrected chi connectivity index (χ2v) is 5.07. The highest BCUT2D eigenvalue weighted by Crippen LogP contribution is 2.35. The number of nitrogens with zero attached hydrogens (tertiary/aromatic N) is 1. The molecule has 0 saturated carbocycles. The van der Waals surface area contributed by atoms with E-state index in [1.54, 1.807) is 0 Å². The standard InChI is InChI=1S/C11H7ClF4N2S/c12-7-3-6(1-2-8(7)13)4-17-10-18-5-9(19-10)11(14,15)16/h1-3,5H,4H2,(H,17,18). The molecule has 19 heavy (non-hydrogen) atoms. The van der Waals surface area contributed by atoms with Gasteiger partial charge >= 0.3 is 6.18 Å². The molecule has 0 radical (unpaired) electrons. The van der Waals surface area contributed by atoms with Gasteiger partial charge in [0.15, 0.2) is 5.13 Å². The third kappa shape index (κ3) is 3.57. The van der Waals surface area contributed by atoms with Gasteiger partial charge in [-0.2, -0.15) is 13.2 Å². The molecular formula is C11H7ClF4N2S. The zero-order valence-electron chi connectivity index (χ0n) is 9.26. The molecule has 0 aliphatic carbocycles. The average molecular weight is 311 g/mol. The lowest BCUT2D eigenvalue weighted by Gasteiger charge is -2.04. The number of hydrogen-bond donors (Lipinski definition) is 1. The van der Waals surface area contributed by atoms with Crippen molar-refractivity contribution < 1.29 is 17.6 Å². The smallest absolute Gasteiger partial charge is 0.357 e. The van der Waals surface area contributed by atoms with E-state index in [9.17, 15) is 17.6 Å². The fraction of sp³-hybridized carbons (Fsp3) is 0.182. The minimum Gasteiger partial charge on any atom is -0.357 e. The van der Waals surface area contributed by atoms with Gasteiger partial charge in [0.05, 0.1) is 11.2 Å². The van der Waals surface area contributed by atoms with Gasteiger partial charge in [0.2, 0.25) is 0 Å². The van der Waals surface area contributed by atoms with Gasteiger partial charge in [-0.1, -0.05) is 29.0 Å². The molecular weight excluding hydrogens is 304 g/mol. The number of rotatable bonds is 3. The highest BCUT2D eigenvalue weighted by atomic mass is 35.5. The van der Waals surface area contributed by atoms with Crippen molar-refractivity contribution in [1.82, 2.24) is 4.98 Å². The molecule has 2 aromatic rings. The Balaban J connectivity index is 2.02. The number of nitrogens with one attached hydrogen (secondary N) is 1. The van der Waals surface area contributed by atoms with Crippen LogP contribution in [0.3, 0.4) is 0 Å². The van der Waals surface area contributed by atoms with Crippen LogP contribution in [0, 0.1) is 5.82 Å². The molecule has 2 nitrogen and oxygen atoms in total. The van der Waals surface area contributed by atoms with Gasteiger partial charge in [-0.25, -0.2) is 9.37 Å².